The molecule has 3 aromatic rings. The van der Waals surface area contributed by atoms with E-state index in [9.17, 15) is 12.8 Å². The summed E-state index contributed by atoms with van der Waals surface area (Å²) in [7, 11) is -3.91. The van der Waals surface area contributed by atoms with E-state index in [4.69, 9.17) is 0 Å². The zero-order valence-electron chi connectivity index (χ0n) is 11.2. The van der Waals surface area contributed by atoms with Crippen LogP contribution in [0, 0.1) is 12.9 Å². The highest BCUT2D eigenvalue weighted by molar-refractivity contribution is 7.90. The lowest BCUT2D eigenvalue weighted by atomic mass is 10.2. The fraction of sp³-hybridized carbons (Fsp3) is 0.0667. The Morgan fingerprint density at radius 1 is 1.14 bits per heavy atom. The Labute approximate surface area is 126 Å². The Morgan fingerprint density at radius 3 is 2.48 bits per heavy atom. The first-order chi connectivity index (χ1) is 9.98. The lowest BCUT2D eigenvalue weighted by Gasteiger charge is -2.06. The van der Waals surface area contributed by atoms with Gasteiger partial charge < -0.3 is 0 Å². The summed E-state index contributed by atoms with van der Waals surface area (Å²) >= 11 is 1.43. The Hall–Kier alpha value is -1.92. The zero-order valence-corrected chi connectivity index (χ0v) is 12.8. The van der Waals surface area contributed by atoms with Crippen LogP contribution >= 0.6 is 11.3 Å². The molecule has 0 radical (unpaired) electrons. The zero-order chi connectivity index (χ0) is 15.0. The second-order valence-electron chi connectivity index (χ2n) is 4.64. The van der Waals surface area contributed by atoms with Crippen LogP contribution in [-0.4, -0.2) is 12.4 Å². The summed E-state index contributed by atoms with van der Waals surface area (Å²) in [6.45, 7) is 1.86. The van der Waals surface area contributed by atoms with E-state index in [1.54, 1.807) is 12.1 Å². The minimum absolute atomic E-state index is 0.0697. The van der Waals surface area contributed by atoms with Crippen molar-refractivity contribution in [2.24, 2.45) is 0 Å². The Morgan fingerprint density at radius 2 is 1.86 bits per heavy atom. The first-order valence-electron chi connectivity index (χ1n) is 6.22. The molecule has 0 amide bonds. The molecule has 6 heteroatoms. The minimum atomic E-state index is -3.91. The highest BCUT2D eigenvalue weighted by Crippen LogP contribution is 2.28. The van der Waals surface area contributed by atoms with Gasteiger partial charge in [-0.05, 0) is 30.5 Å². The van der Waals surface area contributed by atoms with Crippen molar-refractivity contribution in [1.82, 2.24) is 3.97 Å². The number of hydrogen-bond acceptors (Lipinski definition) is 3. The quantitative estimate of drug-likeness (QED) is 0.734. The van der Waals surface area contributed by atoms with Crippen molar-refractivity contribution in [3.63, 3.8) is 0 Å². The SMILES string of the molecule is Cc1ccc(S(=O)(=O)n2cc(-c3cccs3)cc2F)cc1. The van der Waals surface area contributed by atoms with E-state index in [0.717, 1.165) is 10.4 Å². The normalized spacial score (nSPS) is 11.7. The average molecular weight is 321 g/mol. The summed E-state index contributed by atoms with van der Waals surface area (Å²) in [6, 6.07) is 11.2. The Bertz CT molecular complexity index is 863. The van der Waals surface area contributed by atoms with E-state index < -0.39 is 16.0 Å². The first kappa shape index (κ1) is 14.0. The Kier molecular flexibility index (Phi) is 3.43. The minimum Gasteiger partial charge on any atom is -0.216 e. The van der Waals surface area contributed by atoms with Crippen molar-refractivity contribution in [2.45, 2.75) is 11.8 Å². The molecule has 2 heterocycles. The average Bonchev–Trinajstić information content (AvgIpc) is 3.08. The summed E-state index contributed by atoms with van der Waals surface area (Å²) in [5.41, 5.74) is 1.50. The third-order valence-corrected chi connectivity index (χ3v) is 5.71. The number of aromatic nitrogens is 1. The molecule has 0 aliphatic rings. The molecule has 108 valence electrons. The van der Waals surface area contributed by atoms with Crippen molar-refractivity contribution in [2.75, 3.05) is 0 Å². The third-order valence-electron chi connectivity index (χ3n) is 3.12. The molecular weight excluding hydrogens is 309 g/mol. The van der Waals surface area contributed by atoms with E-state index in [1.807, 2.05) is 24.4 Å². The first-order valence-corrected chi connectivity index (χ1v) is 8.54. The smallest absolute Gasteiger partial charge is 0.216 e. The predicted octanol–water partition coefficient (Wildman–Crippen LogP) is 3.90. The van der Waals surface area contributed by atoms with Crippen LogP contribution < -0.4 is 0 Å². The fourth-order valence-corrected chi connectivity index (χ4v) is 3.95. The number of nitrogens with zero attached hydrogens (tertiary/aromatic N) is 1. The molecule has 0 unspecified atom stereocenters. The van der Waals surface area contributed by atoms with E-state index in [0.29, 0.717) is 9.54 Å². The summed E-state index contributed by atoms with van der Waals surface area (Å²) in [5, 5.41) is 1.86. The van der Waals surface area contributed by atoms with Crippen molar-refractivity contribution < 1.29 is 12.8 Å². The molecule has 0 aliphatic heterocycles. The molecule has 0 spiro atoms. The molecule has 3 rings (SSSR count). The molecule has 0 bridgehead atoms. The predicted molar refractivity (Wildman–Crippen MR) is 81.5 cm³/mol. The molecule has 0 atom stereocenters. The third kappa shape index (κ3) is 2.52. The van der Waals surface area contributed by atoms with Gasteiger partial charge in [-0.1, -0.05) is 23.8 Å². The van der Waals surface area contributed by atoms with Gasteiger partial charge in [0, 0.05) is 22.7 Å². The number of hydrogen-bond donors (Lipinski definition) is 0. The van der Waals surface area contributed by atoms with Crippen LogP contribution in [0.2, 0.25) is 0 Å². The number of halogens is 1. The largest absolute Gasteiger partial charge is 0.269 e. The van der Waals surface area contributed by atoms with Crippen molar-refractivity contribution in [3.8, 4) is 10.4 Å². The molecule has 3 nitrogen and oxygen atoms in total. The van der Waals surface area contributed by atoms with Gasteiger partial charge >= 0.3 is 0 Å². The highest BCUT2D eigenvalue weighted by Gasteiger charge is 2.21. The molecule has 0 saturated heterocycles. The van der Waals surface area contributed by atoms with E-state index in [-0.39, 0.29) is 4.90 Å². The summed E-state index contributed by atoms with van der Waals surface area (Å²) in [5.74, 6) is -0.793. The summed E-state index contributed by atoms with van der Waals surface area (Å²) < 4.78 is 39.7. The maximum absolute atomic E-state index is 14.1. The number of rotatable bonds is 3. The van der Waals surface area contributed by atoms with Gasteiger partial charge in [0.05, 0.1) is 4.90 Å². The van der Waals surface area contributed by atoms with Crippen molar-refractivity contribution >= 4 is 21.4 Å². The van der Waals surface area contributed by atoms with Crippen LogP contribution in [0.3, 0.4) is 0 Å². The van der Waals surface area contributed by atoms with Crippen LogP contribution in [0.25, 0.3) is 10.4 Å². The van der Waals surface area contributed by atoms with Crippen LogP contribution in [0.4, 0.5) is 4.39 Å². The Balaban J connectivity index is 2.09. The standard InChI is InChI=1S/C15H12FNO2S2/c1-11-4-6-13(7-5-11)21(18,19)17-10-12(9-15(17)16)14-3-2-8-20-14/h2-10H,1H3. The van der Waals surface area contributed by atoms with Crippen molar-refractivity contribution in [3.05, 3.63) is 65.6 Å². The molecule has 0 aliphatic carbocycles. The molecule has 21 heavy (non-hydrogen) atoms. The molecule has 0 saturated carbocycles. The van der Waals surface area contributed by atoms with Gasteiger partial charge in [-0.25, -0.2) is 12.4 Å². The van der Waals surface area contributed by atoms with Crippen LogP contribution in [0.15, 0.2) is 58.9 Å². The summed E-state index contributed by atoms with van der Waals surface area (Å²) in [4.78, 5) is 0.895. The fourth-order valence-electron chi connectivity index (χ4n) is 2.00. The molecular formula is C15H12FNO2S2. The van der Waals surface area contributed by atoms with Gasteiger partial charge in [0.15, 0.2) is 0 Å². The van der Waals surface area contributed by atoms with Crippen LogP contribution in [-0.2, 0) is 10.0 Å². The molecule has 2 aromatic heterocycles. The monoisotopic (exact) mass is 321 g/mol. The van der Waals surface area contributed by atoms with Gasteiger partial charge in [0.1, 0.15) is 0 Å². The van der Waals surface area contributed by atoms with Gasteiger partial charge in [-0.3, -0.25) is 0 Å². The second kappa shape index (κ2) is 5.13. The lowest BCUT2D eigenvalue weighted by molar-refractivity contribution is 0.541. The maximum atomic E-state index is 14.1. The van der Waals surface area contributed by atoms with E-state index in [1.165, 1.54) is 35.7 Å². The molecule has 1 aromatic carbocycles. The van der Waals surface area contributed by atoms with Gasteiger partial charge in [0.25, 0.3) is 10.0 Å². The second-order valence-corrected chi connectivity index (χ2v) is 7.41. The number of thiophene rings is 1. The maximum Gasteiger partial charge on any atom is 0.269 e. The van der Waals surface area contributed by atoms with Gasteiger partial charge in [-0.15, -0.1) is 11.3 Å². The van der Waals surface area contributed by atoms with Gasteiger partial charge in [-0.2, -0.15) is 4.39 Å². The van der Waals surface area contributed by atoms with Crippen LogP contribution in [0.1, 0.15) is 5.56 Å². The van der Waals surface area contributed by atoms with E-state index >= 15 is 0 Å². The summed E-state index contributed by atoms with van der Waals surface area (Å²) in [6.07, 6.45) is 1.32. The number of benzene rings is 1. The van der Waals surface area contributed by atoms with Crippen LogP contribution in [0.5, 0.6) is 0 Å². The van der Waals surface area contributed by atoms with Gasteiger partial charge in [0.2, 0.25) is 5.95 Å². The molecule has 0 N–H and O–H groups in total. The topological polar surface area (TPSA) is 39.1 Å². The lowest BCUT2D eigenvalue weighted by Crippen LogP contribution is -2.13. The number of aryl methyl sites for hydroxylation is 1. The van der Waals surface area contributed by atoms with Crippen molar-refractivity contribution in [1.29, 1.82) is 0 Å². The highest BCUT2D eigenvalue weighted by atomic mass is 32.2. The molecule has 0 fully saturated rings. The van der Waals surface area contributed by atoms with E-state index in [2.05, 4.69) is 0 Å².